The number of aromatic nitrogens is 4. The Morgan fingerprint density at radius 1 is 1.13 bits per heavy atom. The summed E-state index contributed by atoms with van der Waals surface area (Å²) in [6, 6.07) is 5.71. The van der Waals surface area contributed by atoms with Crippen LogP contribution in [0.2, 0.25) is 0 Å². The Bertz CT molecular complexity index is 1920. The molecular formula is C28H28F3N7O6S2. The molecule has 0 aliphatic carbocycles. The Morgan fingerprint density at radius 2 is 1.85 bits per heavy atom. The molecule has 0 radical (unpaired) electrons. The number of nitro benzene ring substituents is 1. The summed E-state index contributed by atoms with van der Waals surface area (Å²) in [6.07, 6.45) is 0. The molecule has 46 heavy (non-hydrogen) atoms. The van der Waals surface area contributed by atoms with Crippen molar-refractivity contribution in [2.75, 3.05) is 43.6 Å². The van der Waals surface area contributed by atoms with Crippen LogP contribution in [0.4, 0.5) is 36.3 Å². The van der Waals surface area contributed by atoms with Crippen LogP contribution in [-0.2, 0) is 19.3 Å². The average molecular weight is 680 g/mol. The molecule has 18 heteroatoms. The first-order chi connectivity index (χ1) is 21.7. The smallest absolute Gasteiger partial charge is 0.308 e. The summed E-state index contributed by atoms with van der Waals surface area (Å²) < 4.78 is 80.9. The van der Waals surface area contributed by atoms with Crippen LogP contribution in [0.3, 0.4) is 0 Å². The molecule has 0 amide bonds. The average Bonchev–Trinajstić information content (AvgIpc) is 3.43. The Balaban J connectivity index is 1.51. The lowest BCUT2D eigenvalue weighted by Gasteiger charge is -2.29. The van der Waals surface area contributed by atoms with Crippen LogP contribution in [0.15, 0.2) is 51.3 Å². The molecule has 3 heterocycles. The second-order valence-electron chi connectivity index (χ2n) is 10.6. The molecule has 0 unspecified atom stereocenters. The number of hydrogen-bond acceptors (Lipinski definition) is 12. The van der Waals surface area contributed by atoms with E-state index in [1.165, 1.54) is 13.2 Å². The minimum Gasteiger partial charge on any atom is -0.490 e. The highest BCUT2D eigenvalue weighted by molar-refractivity contribution is 7.99. The fourth-order valence-electron chi connectivity index (χ4n) is 4.74. The van der Waals surface area contributed by atoms with Gasteiger partial charge in [-0.05, 0) is 56.8 Å². The Hall–Kier alpha value is -4.42. The van der Waals surface area contributed by atoms with Gasteiger partial charge >= 0.3 is 5.69 Å². The maximum Gasteiger partial charge on any atom is 0.308 e. The quantitative estimate of drug-likeness (QED) is 0.127. The molecule has 1 aliphatic rings. The number of nitrogens with one attached hydrogen (secondary N) is 2. The number of morpholine rings is 1. The number of H-pyrrole nitrogens is 1. The second-order valence-corrected chi connectivity index (χ2v) is 14.1. The van der Waals surface area contributed by atoms with Crippen molar-refractivity contribution >= 4 is 44.7 Å². The maximum atomic E-state index is 15.6. The van der Waals surface area contributed by atoms with Gasteiger partial charge in [0.2, 0.25) is 11.6 Å². The van der Waals surface area contributed by atoms with Crippen molar-refractivity contribution in [3.05, 3.63) is 75.2 Å². The van der Waals surface area contributed by atoms with E-state index in [1.807, 2.05) is 11.8 Å². The van der Waals surface area contributed by atoms with Crippen molar-refractivity contribution in [3.8, 4) is 5.75 Å². The standard InChI is InChI=1S/C28H28F3N7O6S2/c1-15-11-22(36-35-15)32-25-24(43-4)26(37-7-9-44-10-8-37)34-27(33-25)45-21-6-5-17(14-19(21)30)46(41,42)28(2,3)18-12-16(29)13-20(23(18)31)38(39)40/h5-6,11-14H,7-10H2,1-4H3,(H2,32,33,34,35,36). The van der Waals surface area contributed by atoms with Crippen molar-refractivity contribution in [1.82, 2.24) is 20.2 Å². The van der Waals surface area contributed by atoms with Crippen LogP contribution in [0.5, 0.6) is 5.75 Å². The third kappa shape index (κ3) is 6.32. The van der Waals surface area contributed by atoms with Gasteiger partial charge in [-0.2, -0.15) is 9.49 Å². The van der Waals surface area contributed by atoms with Gasteiger partial charge in [-0.1, -0.05) is 0 Å². The van der Waals surface area contributed by atoms with E-state index in [0.717, 1.165) is 43.4 Å². The largest absolute Gasteiger partial charge is 0.490 e. The highest BCUT2D eigenvalue weighted by atomic mass is 32.2. The number of rotatable bonds is 10. The Morgan fingerprint density at radius 3 is 2.46 bits per heavy atom. The number of ether oxygens (including phenoxy) is 2. The van der Waals surface area contributed by atoms with Gasteiger partial charge in [0.15, 0.2) is 32.4 Å². The lowest BCUT2D eigenvalue weighted by atomic mass is 10.0. The van der Waals surface area contributed by atoms with Gasteiger partial charge in [0, 0.05) is 30.4 Å². The zero-order valence-electron chi connectivity index (χ0n) is 24.9. The van der Waals surface area contributed by atoms with E-state index in [2.05, 4.69) is 25.5 Å². The van der Waals surface area contributed by atoms with E-state index in [-0.39, 0.29) is 15.9 Å². The van der Waals surface area contributed by atoms with Crippen LogP contribution < -0.4 is 15.0 Å². The molecule has 5 rings (SSSR count). The second kappa shape index (κ2) is 12.8. The SMILES string of the molecule is COc1c(Nc2cc(C)[nH]n2)nc(Sc2ccc(S(=O)(=O)C(C)(C)c3cc(F)cc([N+](=O)[O-])c3F)cc2F)nc1N1CCOCC1. The van der Waals surface area contributed by atoms with Gasteiger partial charge in [-0.25, -0.2) is 27.2 Å². The zero-order valence-corrected chi connectivity index (χ0v) is 26.6. The summed E-state index contributed by atoms with van der Waals surface area (Å²) in [5.41, 5.74) is -1.20. The lowest BCUT2D eigenvalue weighted by molar-refractivity contribution is -0.387. The molecule has 1 fully saturated rings. The molecule has 1 aliphatic heterocycles. The topological polar surface area (TPSA) is 165 Å². The van der Waals surface area contributed by atoms with Crippen LogP contribution in [-0.4, -0.2) is 66.9 Å². The minimum atomic E-state index is -4.62. The number of halogens is 3. The van der Waals surface area contributed by atoms with Crippen molar-refractivity contribution < 1.29 is 36.0 Å². The summed E-state index contributed by atoms with van der Waals surface area (Å²) in [5.74, 6) is -2.22. The van der Waals surface area contributed by atoms with E-state index in [9.17, 15) is 22.9 Å². The van der Waals surface area contributed by atoms with E-state index in [4.69, 9.17) is 9.47 Å². The summed E-state index contributed by atoms with van der Waals surface area (Å²) in [4.78, 5) is 20.5. The molecule has 0 saturated carbocycles. The highest BCUT2D eigenvalue weighted by Crippen LogP contribution is 2.42. The number of methoxy groups -OCH3 is 1. The van der Waals surface area contributed by atoms with Gasteiger partial charge in [-0.3, -0.25) is 15.2 Å². The predicted molar refractivity (Wildman–Crippen MR) is 162 cm³/mol. The van der Waals surface area contributed by atoms with Crippen LogP contribution in [0.25, 0.3) is 0 Å². The van der Waals surface area contributed by atoms with Crippen molar-refractivity contribution in [1.29, 1.82) is 0 Å². The number of nitrogens with zero attached hydrogens (tertiary/aromatic N) is 5. The summed E-state index contributed by atoms with van der Waals surface area (Å²) in [6.45, 7) is 5.84. The van der Waals surface area contributed by atoms with E-state index < -0.39 is 53.1 Å². The molecule has 0 atom stereocenters. The first-order valence-electron chi connectivity index (χ1n) is 13.7. The van der Waals surface area contributed by atoms with Crippen LogP contribution >= 0.6 is 11.8 Å². The number of benzene rings is 2. The molecule has 244 valence electrons. The summed E-state index contributed by atoms with van der Waals surface area (Å²) in [5, 5.41) is 21.4. The van der Waals surface area contributed by atoms with Crippen LogP contribution in [0, 0.1) is 34.5 Å². The number of anilines is 3. The normalized spacial score (nSPS) is 13.9. The van der Waals surface area contributed by atoms with E-state index in [1.54, 1.807) is 6.07 Å². The monoisotopic (exact) mass is 679 g/mol. The summed E-state index contributed by atoms with van der Waals surface area (Å²) in [7, 11) is -3.16. The molecule has 0 spiro atoms. The molecule has 0 bridgehead atoms. The molecular weight excluding hydrogens is 651 g/mol. The first-order valence-corrected chi connectivity index (χ1v) is 16.0. The number of aryl methyl sites for hydroxylation is 1. The summed E-state index contributed by atoms with van der Waals surface area (Å²) >= 11 is 0.816. The predicted octanol–water partition coefficient (Wildman–Crippen LogP) is 5.28. The number of hydrogen-bond donors (Lipinski definition) is 2. The third-order valence-electron chi connectivity index (χ3n) is 7.24. The Labute approximate surface area is 265 Å². The first kappa shape index (κ1) is 33.0. The fraction of sp³-hybridized carbons (Fsp3) is 0.321. The Kier molecular flexibility index (Phi) is 9.14. The van der Waals surface area contributed by atoms with Gasteiger partial charge in [-0.15, -0.1) is 0 Å². The van der Waals surface area contributed by atoms with Gasteiger partial charge in [0.25, 0.3) is 0 Å². The van der Waals surface area contributed by atoms with Gasteiger partial charge < -0.3 is 19.7 Å². The highest BCUT2D eigenvalue weighted by Gasteiger charge is 2.42. The van der Waals surface area contributed by atoms with Gasteiger partial charge in [0.1, 0.15) is 11.6 Å². The maximum absolute atomic E-state index is 15.6. The number of nitro groups is 1. The van der Waals surface area contributed by atoms with Gasteiger partial charge in [0.05, 0.1) is 45.9 Å². The molecule has 13 nitrogen and oxygen atoms in total. The third-order valence-corrected chi connectivity index (χ3v) is 10.6. The van der Waals surface area contributed by atoms with E-state index >= 15 is 8.78 Å². The zero-order chi connectivity index (χ0) is 33.4. The molecule has 2 N–H and O–H groups in total. The van der Waals surface area contributed by atoms with Crippen molar-refractivity contribution in [2.45, 2.75) is 40.5 Å². The molecule has 2 aromatic heterocycles. The number of sulfone groups is 1. The number of aromatic amines is 1. The van der Waals surface area contributed by atoms with Crippen molar-refractivity contribution in [3.63, 3.8) is 0 Å². The minimum absolute atomic E-state index is 0.0380. The molecule has 2 aromatic carbocycles. The van der Waals surface area contributed by atoms with Crippen molar-refractivity contribution in [2.24, 2.45) is 0 Å². The van der Waals surface area contributed by atoms with Crippen LogP contribution in [0.1, 0.15) is 25.1 Å². The molecule has 4 aromatic rings. The lowest BCUT2D eigenvalue weighted by Crippen LogP contribution is -2.37. The van der Waals surface area contributed by atoms with E-state index in [0.29, 0.717) is 55.8 Å². The fourth-order valence-corrected chi connectivity index (χ4v) is 7.04. The molecule has 1 saturated heterocycles.